The number of carbonyl (C=O) groups is 1. The Hall–Kier alpha value is -3.26. The van der Waals surface area contributed by atoms with Gasteiger partial charge >= 0.3 is 0 Å². The molecule has 1 aromatic heterocycles. The zero-order chi connectivity index (χ0) is 24.2. The molecule has 3 aromatic rings. The number of benzene rings is 2. The smallest absolute Gasteiger partial charge is 0.232 e. The first-order valence-electron chi connectivity index (χ1n) is 12.0. The lowest BCUT2D eigenvalue weighted by Crippen LogP contribution is -2.36. The Balaban J connectivity index is 1.49. The predicted octanol–water partition coefficient (Wildman–Crippen LogP) is 5.35. The topological polar surface area (TPSA) is 73.8 Å². The number of piperidine rings is 1. The van der Waals surface area contributed by atoms with Gasteiger partial charge < -0.3 is 19.1 Å². The van der Waals surface area contributed by atoms with Crippen molar-refractivity contribution in [2.24, 2.45) is 0 Å². The molecule has 0 saturated carbocycles. The van der Waals surface area contributed by atoms with Crippen molar-refractivity contribution < 1.29 is 19.0 Å². The zero-order valence-corrected chi connectivity index (χ0v) is 20.9. The molecule has 7 nitrogen and oxygen atoms in total. The van der Waals surface area contributed by atoms with Crippen LogP contribution in [0.4, 0.5) is 0 Å². The van der Waals surface area contributed by atoms with Crippen molar-refractivity contribution in [1.29, 1.82) is 0 Å². The third kappa shape index (κ3) is 5.07. The number of fused-ring (bicyclic) bond motifs is 2. The van der Waals surface area contributed by atoms with Gasteiger partial charge in [0.05, 0.1) is 25.0 Å². The van der Waals surface area contributed by atoms with E-state index in [-0.39, 0.29) is 5.91 Å². The van der Waals surface area contributed by atoms with Gasteiger partial charge in [0, 0.05) is 30.6 Å². The predicted molar refractivity (Wildman–Crippen MR) is 136 cm³/mol. The summed E-state index contributed by atoms with van der Waals surface area (Å²) < 4.78 is 17.4. The monoisotopic (exact) mass is 491 g/mol. The van der Waals surface area contributed by atoms with Crippen LogP contribution in [-0.4, -0.2) is 53.3 Å². The number of carbonyl (C=O) groups excluding carboxylic acids is 1. The van der Waals surface area contributed by atoms with Gasteiger partial charge in [0.25, 0.3) is 0 Å². The maximum atomic E-state index is 12.9. The molecule has 2 aliphatic rings. The fourth-order valence-corrected chi connectivity index (χ4v) is 5.33. The summed E-state index contributed by atoms with van der Waals surface area (Å²) in [6.45, 7) is 4.19. The van der Waals surface area contributed by atoms with Crippen LogP contribution in [0, 0.1) is 0 Å². The summed E-state index contributed by atoms with van der Waals surface area (Å²) in [7, 11) is 1.64. The van der Waals surface area contributed by atoms with E-state index in [1.165, 1.54) is 18.2 Å². The summed E-state index contributed by atoms with van der Waals surface area (Å²) in [4.78, 5) is 24.5. The maximum absolute atomic E-state index is 12.9. The Labute approximate surface area is 209 Å². The van der Waals surface area contributed by atoms with Crippen LogP contribution >= 0.6 is 11.8 Å². The van der Waals surface area contributed by atoms with E-state index in [9.17, 15) is 4.79 Å². The first-order valence-corrected chi connectivity index (χ1v) is 13.0. The normalized spacial score (nSPS) is 14.5. The van der Waals surface area contributed by atoms with E-state index < -0.39 is 0 Å². The Morgan fingerprint density at radius 2 is 1.89 bits per heavy atom. The number of hydrogen-bond donors (Lipinski definition) is 0. The fraction of sp³-hybridized carbons (Fsp3) is 0.370. The standard InChI is InChI=1S/C27H29N3O4S/c1-3-33-22-9-7-8-19-16-21-26(34-24(19)22)28-25(18-10-12-20(32-2)13-11-18)29-27(21)35-17-23(31)30-14-5-4-6-15-30/h7-13H,3-6,14-17H2,1-2H3. The number of methoxy groups -OCH3 is 1. The van der Waals surface area contributed by atoms with E-state index in [0.717, 1.165) is 53.4 Å². The second-order valence-electron chi connectivity index (χ2n) is 8.55. The molecule has 0 aliphatic carbocycles. The number of amides is 1. The number of nitrogens with zero attached hydrogens (tertiary/aromatic N) is 3. The minimum absolute atomic E-state index is 0.156. The Kier molecular flexibility index (Phi) is 7.08. The average molecular weight is 492 g/mol. The molecule has 5 rings (SSSR count). The number of para-hydroxylation sites is 1. The number of aromatic nitrogens is 2. The SMILES string of the molecule is CCOc1cccc2c1Oc1nc(-c3ccc(OC)cc3)nc(SCC(=O)N3CCCCC3)c1C2. The van der Waals surface area contributed by atoms with Crippen molar-refractivity contribution in [3.63, 3.8) is 0 Å². The molecule has 1 amide bonds. The van der Waals surface area contributed by atoms with Crippen LogP contribution in [0.1, 0.15) is 37.3 Å². The summed E-state index contributed by atoms with van der Waals surface area (Å²) >= 11 is 1.46. The van der Waals surface area contributed by atoms with Gasteiger partial charge in [-0.05, 0) is 56.5 Å². The van der Waals surface area contributed by atoms with Crippen molar-refractivity contribution in [2.45, 2.75) is 37.6 Å². The quantitative estimate of drug-likeness (QED) is 0.255. The lowest BCUT2D eigenvalue weighted by molar-refractivity contribution is -0.129. The van der Waals surface area contributed by atoms with E-state index >= 15 is 0 Å². The van der Waals surface area contributed by atoms with Crippen LogP contribution in [0.25, 0.3) is 11.4 Å². The molecule has 1 fully saturated rings. The molecule has 1 saturated heterocycles. The number of ether oxygens (including phenoxy) is 3. The number of likely N-dealkylation sites (tertiary alicyclic amines) is 1. The van der Waals surface area contributed by atoms with E-state index in [1.54, 1.807) is 7.11 Å². The molecule has 0 radical (unpaired) electrons. The Morgan fingerprint density at radius 1 is 1.09 bits per heavy atom. The maximum Gasteiger partial charge on any atom is 0.232 e. The van der Waals surface area contributed by atoms with E-state index in [4.69, 9.17) is 24.2 Å². The van der Waals surface area contributed by atoms with Crippen LogP contribution in [0.5, 0.6) is 23.1 Å². The molecule has 35 heavy (non-hydrogen) atoms. The zero-order valence-electron chi connectivity index (χ0n) is 20.1. The molecular formula is C27H29N3O4S. The van der Waals surface area contributed by atoms with Gasteiger partial charge in [0.15, 0.2) is 17.3 Å². The van der Waals surface area contributed by atoms with Crippen molar-refractivity contribution in [3.8, 4) is 34.5 Å². The summed E-state index contributed by atoms with van der Waals surface area (Å²) in [6, 6.07) is 13.5. The second-order valence-corrected chi connectivity index (χ2v) is 9.51. The van der Waals surface area contributed by atoms with Gasteiger partial charge in [-0.3, -0.25) is 4.79 Å². The molecule has 0 unspecified atom stereocenters. The summed E-state index contributed by atoms with van der Waals surface area (Å²) in [6.07, 6.45) is 3.97. The van der Waals surface area contributed by atoms with Crippen LogP contribution in [-0.2, 0) is 11.2 Å². The summed E-state index contributed by atoms with van der Waals surface area (Å²) in [5.74, 6) is 3.73. The highest BCUT2D eigenvalue weighted by atomic mass is 32.2. The number of hydrogen-bond acceptors (Lipinski definition) is 7. The Morgan fingerprint density at radius 3 is 2.63 bits per heavy atom. The largest absolute Gasteiger partial charge is 0.497 e. The van der Waals surface area contributed by atoms with E-state index in [1.807, 2.05) is 54.3 Å². The minimum atomic E-state index is 0.156. The highest BCUT2D eigenvalue weighted by molar-refractivity contribution is 7.99. The van der Waals surface area contributed by atoms with Crippen LogP contribution < -0.4 is 14.2 Å². The van der Waals surface area contributed by atoms with Gasteiger partial charge in [-0.15, -0.1) is 0 Å². The van der Waals surface area contributed by atoms with Gasteiger partial charge in [-0.1, -0.05) is 23.9 Å². The summed E-state index contributed by atoms with van der Waals surface area (Å²) in [5, 5.41) is 0.777. The second kappa shape index (κ2) is 10.6. The lowest BCUT2D eigenvalue weighted by Gasteiger charge is -2.27. The molecule has 182 valence electrons. The molecule has 0 bridgehead atoms. The first-order chi connectivity index (χ1) is 17.2. The molecular weight excluding hydrogens is 462 g/mol. The van der Waals surface area contributed by atoms with Crippen LogP contribution in [0.3, 0.4) is 0 Å². The molecule has 8 heteroatoms. The lowest BCUT2D eigenvalue weighted by atomic mass is 10.0. The van der Waals surface area contributed by atoms with Gasteiger partial charge in [0.2, 0.25) is 11.8 Å². The third-order valence-electron chi connectivity index (χ3n) is 6.25. The van der Waals surface area contributed by atoms with E-state index in [0.29, 0.717) is 42.0 Å². The molecule has 2 aliphatic heterocycles. The molecule has 0 N–H and O–H groups in total. The van der Waals surface area contributed by atoms with Crippen molar-refractivity contribution >= 4 is 17.7 Å². The van der Waals surface area contributed by atoms with Crippen LogP contribution in [0.2, 0.25) is 0 Å². The van der Waals surface area contributed by atoms with Gasteiger partial charge in [0.1, 0.15) is 10.8 Å². The number of thioether (sulfide) groups is 1. The molecule has 0 atom stereocenters. The number of rotatable bonds is 7. The third-order valence-corrected chi connectivity index (χ3v) is 7.25. The minimum Gasteiger partial charge on any atom is -0.497 e. The van der Waals surface area contributed by atoms with Crippen molar-refractivity contribution in [3.05, 3.63) is 53.6 Å². The average Bonchev–Trinajstić information content (AvgIpc) is 2.91. The van der Waals surface area contributed by atoms with Crippen molar-refractivity contribution in [1.82, 2.24) is 14.9 Å². The first kappa shape index (κ1) is 23.5. The van der Waals surface area contributed by atoms with E-state index in [2.05, 4.69) is 0 Å². The van der Waals surface area contributed by atoms with Crippen LogP contribution in [0.15, 0.2) is 47.5 Å². The molecule has 2 aromatic carbocycles. The molecule has 3 heterocycles. The van der Waals surface area contributed by atoms with Crippen molar-refractivity contribution in [2.75, 3.05) is 32.6 Å². The molecule has 0 spiro atoms. The van der Waals surface area contributed by atoms with Gasteiger partial charge in [-0.2, -0.15) is 4.98 Å². The van der Waals surface area contributed by atoms with Gasteiger partial charge in [-0.25, -0.2) is 4.98 Å². The highest BCUT2D eigenvalue weighted by Crippen LogP contribution is 2.44. The highest BCUT2D eigenvalue weighted by Gasteiger charge is 2.27. The fourth-order valence-electron chi connectivity index (χ4n) is 4.41. The Bertz CT molecular complexity index is 1210. The summed E-state index contributed by atoms with van der Waals surface area (Å²) in [5.41, 5.74) is 2.78.